The lowest BCUT2D eigenvalue weighted by Gasteiger charge is -2.17. The van der Waals surface area contributed by atoms with E-state index < -0.39 is 10.2 Å². The summed E-state index contributed by atoms with van der Waals surface area (Å²) in [6.07, 6.45) is 5.00. The Morgan fingerprint density at radius 3 is 2.86 bits per heavy atom. The number of nitrogens with zero attached hydrogens (tertiary/aromatic N) is 2. The summed E-state index contributed by atoms with van der Waals surface area (Å²) in [7, 11) is -1.89. The number of nitrogens with one attached hydrogen (secondary N) is 2. The van der Waals surface area contributed by atoms with Crippen LogP contribution < -0.4 is 10.0 Å². The molecule has 8 heteroatoms. The number of fused-ring (bicyclic) bond motifs is 1. The zero-order valence-electron chi connectivity index (χ0n) is 12.7. The highest BCUT2D eigenvalue weighted by atomic mass is 32.2. The van der Waals surface area contributed by atoms with E-state index in [2.05, 4.69) is 21.9 Å². The van der Waals surface area contributed by atoms with E-state index in [1.165, 1.54) is 20.5 Å². The minimum atomic E-state index is -3.49. The van der Waals surface area contributed by atoms with Gasteiger partial charge in [0.1, 0.15) is 0 Å². The molecule has 0 unspecified atom stereocenters. The van der Waals surface area contributed by atoms with Gasteiger partial charge in [-0.1, -0.05) is 6.92 Å². The molecule has 1 aromatic rings. The minimum absolute atomic E-state index is 0.496. The van der Waals surface area contributed by atoms with E-state index in [0.29, 0.717) is 11.7 Å². The Bertz CT molecular complexity index is 535. The molecular formula is C13H24N4O2S2. The quantitative estimate of drug-likeness (QED) is 0.674. The van der Waals surface area contributed by atoms with Gasteiger partial charge in [-0.05, 0) is 45.2 Å². The number of aryl methyl sites for hydroxylation is 2. The number of hydrogen-bond donors (Lipinski definition) is 2. The van der Waals surface area contributed by atoms with Gasteiger partial charge in [0.2, 0.25) is 0 Å². The first-order chi connectivity index (χ1) is 10.0. The molecule has 0 radical (unpaired) electrons. The van der Waals surface area contributed by atoms with E-state index in [1.54, 1.807) is 7.05 Å². The molecule has 2 rings (SSSR count). The molecule has 0 saturated heterocycles. The molecule has 0 bridgehead atoms. The molecular weight excluding hydrogens is 308 g/mol. The van der Waals surface area contributed by atoms with Crippen molar-refractivity contribution in [3.05, 3.63) is 10.6 Å². The molecule has 0 atom stereocenters. The first-order valence-corrected chi connectivity index (χ1v) is 9.72. The third-order valence-electron chi connectivity index (χ3n) is 3.48. The topological polar surface area (TPSA) is 74.3 Å². The number of anilines is 1. The van der Waals surface area contributed by atoms with Crippen molar-refractivity contribution in [2.24, 2.45) is 0 Å². The maximum absolute atomic E-state index is 12.2. The Morgan fingerprint density at radius 1 is 1.33 bits per heavy atom. The second-order valence-electron chi connectivity index (χ2n) is 5.27. The first-order valence-electron chi connectivity index (χ1n) is 7.46. The molecule has 0 aliphatic heterocycles. The van der Waals surface area contributed by atoms with Crippen molar-refractivity contribution in [3.8, 4) is 0 Å². The number of thiazole rings is 1. The van der Waals surface area contributed by atoms with Crippen molar-refractivity contribution in [2.75, 3.05) is 31.4 Å². The van der Waals surface area contributed by atoms with Crippen LogP contribution in [0.5, 0.6) is 0 Å². The predicted octanol–water partition coefficient (Wildman–Crippen LogP) is 1.61. The van der Waals surface area contributed by atoms with Crippen molar-refractivity contribution in [3.63, 3.8) is 0 Å². The lowest BCUT2D eigenvalue weighted by Crippen LogP contribution is -2.34. The Labute approximate surface area is 131 Å². The van der Waals surface area contributed by atoms with Crippen LogP contribution >= 0.6 is 11.3 Å². The summed E-state index contributed by atoms with van der Waals surface area (Å²) in [4.78, 5) is 5.59. The average molecular weight is 332 g/mol. The van der Waals surface area contributed by atoms with Gasteiger partial charge in [0.05, 0.1) is 5.69 Å². The molecule has 0 amide bonds. The van der Waals surface area contributed by atoms with Crippen molar-refractivity contribution >= 4 is 26.7 Å². The molecule has 0 spiro atoms. The first kappa shape index (κ1) is 16.7. The molecule has 0 saturated carbocycles. The molecule has 120 valence electrons. The number of hydrogen-bond acceptors (Lipinski definition) is 5. The van der Waals surface area contributed by atoms with Gasteiger partial charge in [-0.25, -0.2) is 9.71 Å². The smallest absolute Gasteiger partial charge is 0.303 e. The molecule has 1 heterocycles. The zero-order chi connectivity index (χ0) is 15.3. The van der Waals surface area contributed by atoms with E-state index in [1.807, 2.05) is 0 Å². The summed E-state index contributed by atoms with van der Waals surface area (Å²) in [6.45, 7) is 4.41. The van der Waals surface area contributed by atoms with Crippen LogP contribution in [0.25, 0.3) is 0 Å². The second kappa shape index (κ2) is 7.53. The molecule has 1 aliphatic rings. The average Bonchev–Trinajstić information content (AvgIpc) is 2.98. The number of rotatable bonds is 9. The van der Waals surface area contributed by atoms with E-state index in [9.17, 15) is 8.42 Å². The van der Waals surface area contributed by atoms with Gasteiger partial charge in [0.15, 0.2) is 5.13 Å². The van der Waals surface area contributed by atoms with Crippen LogP contribution in [0.1, 0.15) is 36.8 Å². The van der Waals surface area contributed by atoms with Crippen LogP contribution in [0.15, 0.2) is 0 Å². The maximum Gasteiger partial charge on any atom is 0.303 e. The SMILES string of the molecule is CCCNCCCN(C)S(=O)(=O)Nc1nc2c(s1)CCC2. The van der Waals surface area contributed by atoms with Gasteiger partial charge >= 0.3 is 10.2 Å². The van der Waals surface area contributed by atoms with Crippen LogP contribution in [0.4, 0.5) is 5.13 Å². The largest absolute Gasteiger partial charge is 0.317 e. The highest BCUT2D eigenvalue weighted by Gasteiger charge is 2.22. The standard InChI is InChI=1S/C13H24N4O2S2/c1-3-8-14-9-5-10-17(2)21(18,19)16-13-15-11-6-4-7-12(11)20-13/h14H,3-10H2,1-2H3,(H,15,16). The fourth-order valence-corrected chi connectivity index (χ4v) is 4.45. The van der Waals surface area contributed by atoms with Crippen molar-refractivity contribution in [2.45, 2.75) is 39.0 Å². The van der Waals surface area contributed by atoms with Gasteiger partial charge < -0.3 is 5.32 Å². The lowest BCUT2D eigenvalue weighted by molar-refractivity contribution is 0.458. The Morgan fingerprint density at radius 2 is 2.14 bits per heavy atom. The van der Waals surface area contributed by atoms with Crippen LogP contribution in [0.2, 0.25) is 0 Å². The third kappa shape index (κ3) is 4.64. The Hall–Kier alpha value is -0.700. The minimum Gasteiger partial charge on any atom is -0.317 e. The molecule has 21 heavy (non-hydrogen) atoms. The van der Waals surface area contributed by atoms with Crippen molar-refractivity contribution in [1.29, 1.82) is 0 Å². The highest BCUT2D eigenvalue weighted by molar-refractivity contribution is 7.90. The van der Waals surface area contributed by atoms with Crippen molar-refractivity contribution < 1.29 is 8.42 Å². The van der Waals surface area contributed by atoms with Gasteiger partial charge in [-0.15, -0.1) is 11.3 Å². The summed E-state index contributed by atoms with van der Waals surface area (Å²) < 4.78 is 28.4. The summed E-state index contributed by atoms with van der Waals surface area (Å²) >= 11 is 1.46. The Kier molecular flexibility index (Phi) is 5.98. The summed E-state index contributed by atoms with van der Waals surface area (Å²) in [5, 5.41) is 3.76. The third-order valence-corrected chi connectivity index (χ3v) is 6.13. The molecule has 0 fully saturated rings. The number of aromatic nitrogens is 1. The van der Waals surface area contributed by atoms with E-state index in [4.69, 9.17) is 0 Å². The van der Waals surface area contributed by atoms with E-state index in [-0.39, 0.29) is 0 Å². The molecule has 0 aromatic carbocycles. The van der Waals surface area contributed by atoms with Gasteiger partial charge in [-0.3, -0.25) is 0 Å². The van der Waals surface area contributed by atoms with Gasteiger partial charge in [0.25, 0.3) is 0 Å². The normalized spacial score (nSPS) is 14.6. The van der Waals surface area contributed by atoms with Crippen molar-refractivity contribution in [1.82, 2.24) is 14.6 Å². The summed E-state index contributed by atoms with van der Waals surface area (Å²) in [5.74, 6) is 0. The predicted molar refractivity (Wildman–Crippen MR) is 87.1 cm³/mol. The van der Waals surface area contributed by atoms with Gasteiger partial charge in [-0.2, -0.15) is 12.7 Å². The summed E-state index contributed by atoms with van der Waals surface area (Å²) in [5.41, 5.74) is 1.06. The zero-order valence-corrected chi connectivity index (χ0v) is 14.3. The second-order valence-corrected chi connectivity index (χ2v) is 8.14. The van der Waals surface area contributed by atoms with Crippen LogP contribution in [0.3, 0.4) is 0 Å². The maximum atomic E-state index is 12.2. The molecule has 6 nitrogen and oxygen atoms in total. The van der Waals surface area contributed by atoms with Crippen LogP contribution in [0, 0.1) is 0 Å². The van der Waals surface area contributed by atoms with E-state index >= 15 is 0 Å². The van der Waals surface area contributed by atoms with Gasteiger partial charge in [0, 0.05) is 18.5 Å². The molecule has 2 N–H and O–H groups in total. The molecule has 1 aromatic heterocycles. The fraction of sp³-hybridized carbons (Fsp3) is 0.769. The Balaban J connectivity index is 1.82. The fourth-order valence-electron chi connectivity index (χ4n) is 2.27. The highest BCUT2D eigenvalue weighted by Crippen LogP contribution is 2.30. The van der Waals surface area contributed by atoms with Crippen LogP contribution in [-0.4, -0.2) is 44.4 Å². The molecule has 1 aliphatic carbocycles. The summed E-state index contributed by atoms with van der Waals surface area (Å²) in [6, 6.07) is 0. The van der Waals surface area contributed by atoms with Crippen LogP contribution in [-0.2, 0) is 23.1 Å². The monoisotopic (exact) mass is 332 g/mol. The lowest BCUT2D eigenvalue weighted by atomic mass is 10.4. The van der Waals surface area contributed by atoms with E-state index in [0.717, 1.165) is 50.9 Å².